The van der Waals surface area contributed by atoms with Crippen LogP contribution in [0.25, 0.3) is 10.9 Å². The maximum absolute atomic E-state index is 11.4. The lowest BCUT2D eigenvalue weighted by Gasteiger charge is -1.99. The summed E-state index contributed by atoms with van der Waals surface area (Å²) in [6.45, 7) is 4.47. The Hall–Kier alpha value is -1.28. The Kier molecular flexibility index (Phi) is 2.53. The molecule has 2 nitrogen and oxygen atoms in total. The fourth-order valence-electron chi connectivity index (χ4n) is 1.81. The number of fused-ring (bicyclic) bond motifs is 1. The minimum atomic E-state index is 0.0922. The lowest BCUT2D eigenvalue weighted by Crippen LogP contribution is -1.91. The molecule has 0 fully saturated rings. The summed E-state index contributed by atoms with van der Waals surface area (Å²) in [6.07, 6.45) is 1.89. The van der Waals surface area contributed by atoms with E-state index in [0.29, 0.717) is 5.02 Å². The van der Waals surface area contributed by atoms with Gasteiger partial charge in [-0.25, -0.2) is 0 Å². The molecule has 2 rings (SSSR count). The lowest BCUT2D eigenvalue weighted by atomic mass is 10.1. The second-order valence-corrected chi connectivity index (χ2v) is 3.98. The minimum absolute atomic E-state index is 0.0922. The molecule has 0 aliphatic rings. The van der Waals surface area contributed by atoms with Crippen molar-refractivity contribution in [3.63, 3.8) is 0 Å². The van der Waals surface area contributed by atoms with Crippen molar-refractivity contribution in [1.82, 2.24) is 4.57 Å². The minimum Gasteiger partial charge on any atom is -0.347 e. The molecule has 0 amide bonds. The molecule has 0 unspecified atom stereocenters. The van der Waals surface area contributed by atoms with Crippen molar-refractivity contribution in [2.45, 2.75) is 20.4 Å². The van der Waals surface area contributed by atoms with E-state index >= 15 is 0 Å². The van der Waals surface area contributed by atoms with Gasteiger partial charge >= 0.3 is 0 Å². The SMILES string of the molecule is CCn1cc(C(C)=O)c2ccc(Cl)cc21. The molecule has 0 aliphatic carbocycles. The number of aromatic nitrogens is 1. The van der Waals surface area contributed by atoms with Crippen LogP contribution in [0.4, 0.5) is 0 Å². The number of Topliss-reactive ketones (excluding diaryl/α,β-unsaturated/α-hetero) is 1. The Morgan fingerprint density at radius 3 is 2.80 bits per heavy atom. The van der Waals surface area contributed by atoms with Gasteiger partial charge in [-0.3, -0.25) is 4.79 Å². The molecule has 15 heavy (non-hydrogen) atoms. The standard InChI is InChI=1S/C12H12ClNO/c1-3-14-7-11(8(2)15)10-5-4-9(13)6-12(10)14/h4-7H,3H2,1-2H3. The molecule has 0 aliphatic heterocycles. The summed E-state index contributed by atoms with van der Waals surface area (Å²) in [5.41, 5.74) is 1.79. The molecule has 0 bridgehead atoms. The van der Waals surface area contributed by atoms with Gasteiger partial charge in [0.2, 0.25) is 0 Å². The topological polar surface area (TPSA) is 22.0 Å². The number of carbonyl (C=O) groups excluding carboxylic acids is 1. The Labute approximate surface area is 93.5 Å². The van der Waals surface area contributed by atoms with E-state index in [9.17, 15) is 4.79 Å². The Balaban J connectivity index is 2.81. The van der Waals surface area contributed by atoms with Crippen molar-refractivity contribution < 1.29 is 4.79 Å². The molecule has 1 aromatic carbocycles. The van der Waals surface area contributed by atoms with Crippen molar-refractivity contribution in [1.29, 1.82) is 0 Å². The number of hydrogen-bond acceptors (Lipinski definition) is 1. The largest absolute Gasteiger partial charge is 0.347 e. The number of rotatable bonds is 2. The third kappa shape index (κ3) is 1.65. The second kappa shape index (κ2) is 3.70. The van der Waals surface area contributed by atoms with E-state index in [4.69, 9.17) is 11.6 Å². The number of aryl methyl sites for hydroxylation is 1. The molecule has 0 saturated heterocycles. The van der Waals surface area contributed by atoms with E-state index in [-0.39, 0.29) is 5.78 Å². The zero-order valence-corrected chi connectivity index (χ0v) is 9.51. The van der Waals surface area contributed by atoms with Crippen molar-refractivity contribution in [3.8, 4) is 0 Å². The molecule has 1 heterocycles. The number of carbonyl (C=O) groups is 1. The van der Waals surface area contributed by atoms with E-state index in [1.54, 1.807) is 6.92 Å². The predicted molar refractivity (Wildman–Crippen MR) is 62.6 cm³/mol. The molecular weight excluding hydrogens is 210 g/mol. The van der Waals surface area contributed by atoms with Gasteiger partial charge in [0.15, 0.2) is 5.78 Å². The zero-order chi connectivity index (χ0) is 11.0. The normalized spacial score (nSPS) is 10.9. The van der Waals surface area contributed by atoms with Crippen LogP contribution in [0.3, 0.4) is 0 Å². The number of benzene rings is 1. The molecule has 0 N–H and O–H groups in total. The number of ketones is 1. The van der Waals surface area contributed by atoms with Gasteiger partial charge in [-0.15, -0.1) is 0 Å². The highest BCUT2D eigenvalue weighted by Crippen LogP contribution is 2.25. The lowest BCUT2D eigenvalue weighted by molar-refractivity contribution is 0.101. The summed E-state index contributed by atoms with van der Waals surface area (Å²) in [5, 5.41) is 1.68. The van der Waals surface area contributed by atoms with Crippen LogP contribution in [-0.2, 0) is 6.54 Å². The Bertz CT molecular complexity index is 528. The maximum atomic E-state index is 11.4. The number of nitrogens with zero attached hydrogens (tertiary/aromatic N) is 1. The van der Waals surface area contributed by atoms with E-state index < -0.39 is 0 Å². The highest BCUT2D eigenvalue weighted by Gasteiger charge is 2.10. The monoisotopic (exact) mass is 221 g/mol. The molecule has 0 atom stereocenters. The quantitative estimate of drug-likeness (QED) is 0.712. The van der Waals surface area contributed by atoms with Gasteiger partial charge in [-0.2, -0.15) is 0 Å². The van der Waals surface area contributed by atoms with Gasteiger partial charge in [-0.1, -0.05) is 17.7 Å². The van der Waals surface area contributed by atoms with Crippen LogP contribution in [0, 0.1) is 0 Å². The molecule has 0 radical (unpaired) electrons. The van der Waals surface area contributed by atoms with Crippen molar-refractivity contribution >= 4 is 28.3 Å². The molecule has 78 valence electrons. The van der Waals surface area contributed by atoms with Crippen molar-refractivity contribution in [3.05, 3.63) is 35.0 Å². The van der Waals surface area contributed by atoms with Crippen LogP contribution in [0.15, 0.2) is 24.4 Å². The molecule has 3 heteroatoms. The number of halogens is 1. The fourth-order valence-corrected chi connectivity index (χ4v) is 1.97. The first-order valence-corrected chi connectivity index (χ1v) is 5.30. The summed E-state index contributed by atoms with van der Waals surface area (Å²) in [4.78, 5) is 11.4. The molecule has 2 aromatic rings. The smallest absolute Gasteiger partial charge is 0.161 e. The summed E-state index contributed by atoms with van der Waals surface area (Å²) in [5.74, 6) is 0.0922. The van der Waals surface area contributed by atoms with Crippen LogP contribution in [0.1, 0.15) is 24.2 Å². The highest BCUT2D eigenvalue weighted by atomic mass is 35.5. The molecule has 0 spiro atoms. The highest BCUT2D eigenvalue weighted by molar-refractivity contribution is 6.31. The van der Waals surface area contributed by atoms with Crippen LogP contribution in [0.2, 0.25) is 5.02 Å². The molecular formula is C12H12ClNO. The second-order valence-electron chi connectivity index (χ2n) is 3.55. The molecule has 1 aromatic heterocycles. The van der Waals surface area contributed by atoms with Crippen LogP contribution < -0.4 is 0 Å². The van der Waals surface area contributed by atoms with Gasteiger partial charge in [0, 0.05) is 28.7 Å². The number of hydrogen-bond donors (Lipinski definition) is 0. The average molecular weight is 222 g/mol. The van der Waals surface area contributed by atoms with Crippen molar-refractivity contribution in [2.24, 2.45) is 0 Å². The van der Waals surface area contributed by atoms with Gasteiger partial charge < -0.3 is 4.57 Å². The first kappa shape index (κ1) is 10.2. The van der Waals surface area contributed by atoms with Gasteiger partial charge in [0.1, 0.15) is 0 Å². The third-order valence-electron chi connectivity index (χ3n) is 2.56. The van der Waals surface area contributed by atoms with Gasteiger partial charge in [0.25, 0.3) is 0 Å². The maximum Gasteiger partial charge on any atom is 0.161 e. The van der Waals surface area contributed by atoms with Gasteiger partial charge in [-0.05, 0) is 26.0 Å². The summed E-state index contributed by atoms with van der Waals surface area (Å²) >= 11 is 5.94. The van der Waals surface area contributed by atoms with Gasteiger partial charge in [0.05, 0.1) is 5.52 Å². The summed E-state index contributed by atoms with van der Waals surface area (Å²) in [7, 11) is 0. The van der Waals surface area contributed by atoms with Crippen molar-refractivity contribution in [2.75, 3.05) is 0 Å². The Morgan fingerprint density at radius 2 is 2.20 bits per heavy atom. The predicted octanol–water partition coefficient (Wildman–Crippen LogP) is 3.52. The van der Waals surface area contributed by atoms with Crippen LogP contribution in [-0.4, -0.2) is 10.4 Å². The zero-order valence-electron chi connectivity index (χ0n) is 8.75. The average Bonchev–Trinajstić information content (AvgIpc) is 2.55. The van der Waals surface area contributed by atoms with Crippen LogP contribution >= 0.6 is 11.6 Å². The first-order valence-electron chi connectivity index (χ1n) is 4.92. The van der Waals surface area contributed by atoms with E-state index in [1.165, 1.54) is 0 Å². The summed E-state index contributed by atoms with van der Waals surface area (Å²) < 4.78 is 2.04. The van der Waals surface area contributed by atoms with Crippen LogP contribution in [0.5, 0.6) is 0 Å². The third-order valence-corrected chi connectivity index (χ3v) is 2.80. The fraction of sp³-hybridized carbons (Fsp3) is 0.250. The van der Waals surface area contributed by atoms with E-state index in [1.807, 2.05) is 35.9 Å². The van der Waals surface area contributed by atoms with E-state index in [0.717, 1.165) is 23.0 Å². The first-order chi connectivity index (χ1) is 7.13. The van der Waals surface area contributed by atoms with E-state index in [2.05, 4.69) is 0 Å². The Morgan fingerprint density at radius 1 is 1.47 bits per heavy atom. The summed E-state index contributed by atoms with van der Waals surface area (Å²) in [6, 6.07) is 5.61. The molecule has 0 saturated carbocycles.